The number of amides is 2. The molecule has 6 nitrogen and oxygen atoms in total. The average molecular weight is 270 g/mol. The van der Waals surface area contributed by atoms with E-state index in [4.69, 9.17) is 0 Å². The van der Waals surface area contributed by atoms with Crippen LogP contribution in [-0.4, -0.2) is 48.9 Å². The maximum absolute atomic E-state index is 11.9. The summed E-state index contributed by atoms with van der Waals surface area (Å²) in [5, 5.41) is 2.50. The highest BCUT2D eigenvalue weighted by atomic mass is 16.5. The largest absolute Gasteiger partial charge is 0.468 e. The SMILES string of the molecule is CCC(CC)N1CC(C(=O)NCC(=O)OC)CC1=O. The summed E-state index contributed by atoms with van der Waals surface area (Å²) in [6.45, 7) is 4.36. The first kappa shape index (κ1) is 15.5. The average Bonchev–Trinajstić information content (AvgIpc) is 2.79. The van der Waals surface area contributed by atoms with Crippen LogP contribution in [0.15, 0.2) is 0 Å². The molecule has 0 aliphatic carbocycles. The third-order valence-corrected chi connectivity index (χ3v) is 3.55. The van der Waals surface area contributed by atoms with Gasteiger partial charge in [0.25, 0.3) is 0 Å². The van der Waals surface area contributed by atoms with Crippen LogP contribution in [0.25, 0.3) is 0 Å². The first-order valence-corrected chi connectivity index (χ1v) is 6.67. The highest BCUT2D eigenvalue weighted by Crippen LogP contribution is 2.23. The van der Waals surface area contributed by atoms with Crippen LogP contribution in [0.5, 0.6) is 0 Å². The van der Waals surface area contributed by atoms with Crippen molar-refractivity contribution in [1.82, 2.24) is 10.2 Å². The Hall–Kier alpha value is -1.59. The van der Waals surface area contributed by atoms with E-state index in [-0.39, 0.29) is 36.7 Å². The van der Waals surface area contributed by atoms with Crippen LogP contribution >= 0.6 is 0 Å². The van der Waals surface area contributed by atoms with Gasteiger partial charge in [-0.25, -0.2) is 0 Å². The standard InChI is InChI=1S/C13H22N2O4/c1-4-10(5-2)15-8-9(6-11(15)16)13(18)14-7-12(17)19-3/h9-10H,4-8H2,1-3H3,(H,14,18). The summed E-state index contributed by atoms with van der Waals surface area (Å²) in [4.78, 5) is 36.5. The number of methoxy groups -OCH3 is 1. The molecular formula is C13H22N2O4. The number of nitrogens with zero attached hydrogens (tertiary/aromatic N) is 1. The van der Waals surface area contributed by atoms with Crippen molar-refractivity contribution in [3.05, 3.63) is 0 Å². The second-order valence-corrected chi connectivity index (χ2v) is 4.71. The molecule has 0 radical (unpaired) electrons. The zero-order valence-corrected chi connectivity index (χ0v) is 11.8. The lowest BCUT2D eigenvalue weighted by molar-refractivity contribution is -0.141. The number of likely N-dealkylation sites (tertiary alicyclic amines) is 1. The van der Waals surface area contributed by atoms with E-state index in [1.54, 1.807) is 4.90 Å². The Morgan fingerprint density at radius 1 is 1.42 bits per heavy atom. The fourth-order valence-corrected chi connectivity index (χ4v) is 2.37. The van der Waals surface area contributed by atoms with Gasteiger partial charge in [-0.2, -0.15) is 0 Å². The molecule has 1 rings (SSSR count). The van der Waals surface area contributed by atoms with Crippen molar-refractivity contribution in [1.29, 1.82) is 0 Å². The Balaban J connectivity index is 2.51. The molecule has 0 bridgehead atoms. The molecule has 0 aromatic heterocycles. The number of esters is 1. The van der Waals surface area contributed by atoms with E-state index in [9.17, 15) is 14.4 Å². The van der Waals surface area contributed by atoms with Gasteiger partial charge in [-0.15, -0.1) is 0 Å². The minimum atomic E-state index is -0.491. The summed E-state index contributed by atoms with van der Waals surface area (Å²) in [6, 6.07) is 0.200. The summed E-state index contributed by atoms with van der Waals surface area (Å²) in [6.07, 6.45) is 2.00. The first-order valence-electron chi connectivity index (χ1n) is 6.67. The minimum Gasteiger partial charge on any atom is -0.468 e. The smallest absolute Gasteiger partial charge is 0.325 e. The van der Waals surface area contributed by atoms with Gasteiger partial charge in [0.1, 0.15) is 6.54 Å². The van der Waals surface area contributed by atoms with Crippen molar-refractivity contribution in [3.8, 4) is 0 Å². The van der Waals surface area contributed by atoms with Crippen molar-refractivity contribution in [2.45, 2.75) is 39.2 Å². The second-order valence-electron chi connectivity index (χ2n) is 4.71. The third kappa shape index (κ3) is 3.94. The fourth-order valence-electron chi connectivity index (χ4n) is 2.37. The van der Waals surface area contributed by atoms with E-state index < -0.39 is 5.97 Å². The number of ether oxygens (including phenoxy) is 1. The van der Waals surface area contributed by atoms with Crippen LogP contribution in [0.2, 0.25) is 0 Å². The third-order valence-electron chi connectivity index (χ3n) is 3.55. The van der Waals surface area contributed by atoms with Gasteiger partial charge in [0.05, 0.1) is 13.0 Å². The van der Waals surface area contributed by atoms with Crippen LogP contribution in [0.4, 0.5) is 0 Å². The van der Waals surface area contributed by atoms with E-state index >= 15 is 0 Å². The van der Waals surface area contributed by atoms with Gasteiger partial charge in [0.2, 0.25) is 11.8 Å². The monoisotopic (exact) mass is 270 g/mol. The predicted molar refractivity (Wildman–Crippen MR) is 69.2 cm³/mol. The van der Waals surface area contributed by atoms with Crippen molar-refractivity contribution in [2.24, 2.45) is 5.92 Å². The topological polar surface area (TPSA) is 75.7 Å². The van der Waals surface area contributed by atoms with Crippen LogP contribution in [0.1, 0.15) is 33.1 Å². The maximum Gasteiger partial charge on any atom is 0.325 e. The molecule has 0 spiro atoms. The summed E-state index contributed by atoms with van der Waals surface area (Å²) in [7, 11) is 1.27. The highest BCUT2D eigenvalue weighted by molar-refractivity contribution is 5.90. The van der Waals surface area contributed by atoms with Crippen molar-refractivity contribution < 1.29 is 19.1 Å². The lowest BCUT2D eigenvalue weighted by Gasteiger charge is -2.26. The molecule has 0 aromatic carbocycles. The number of carbonyl (C=O) groups excluding carboxylic acids is 3. The van der Waals surface area contributed by atoms with Gasteiger partial charge in [0, 0.05) is 19.0 Å². The van der Waals surface area contributed by atoms with Gasteiger partial charge in [-0.1, -0.05) is 13.8 Å². The molecule has 1 atom stereocenters. The van der Waals surface area contributed by atoms with Crippen LogP contribution in [0.3, 0.4) is 0 Å². The van der Waals surface area contributed by atoms with E-state index in [1.807, 2.05) is 13.8 Å². The Bertz CT molecular complexity index is 353. The van der Waals surface area contributed by atoms with E-state index in [0.29, 0.717) is 6.54 Å². The van der Waals surface area contributed by atoms with Crippen LogP contribution in [0, 0.1) is 5.92 Å². The molecule has 1 aliphatic heterocycles. The summed E-state index contributed by atoms with van der Waals surface area (Å²) >= 11 is 0. The Labute approximate surface area is 113 Å². The van der Waals surface area contributed by atoms with Crippen LogP contribution in [-0.2, 0) is 19.1 Å². The van der Waals surface area contributed by atoms with Crippen molar-refractivity contribution >= 4 is 17.8 Å². The zero-order chi connectivity index (χ0) is 14.4. The Kier molecular flexibility index (Phi) is 5.79. The van der Waals surface area contributed by atoms with Gasteiger partial charge in [0.15, 0.2) is 0 Å². The van der Waals surface area contributed by atoms with Crippen molar-refractivity contribution in [2.75, 3.05) is 20.2 Å². The molecule has 1 N–H and O–H groups in total. The van der Waals surface area contributed by atoms with Gasteiger partial charge < -0.3 is 15.0 Å². The quantitative estimate of drug-likeness (QED) is 0.705. The molecule has 0 saturated carbocycles. The first-order chi connectivity index (χ1) is 9.03. The molecule has 1 heterocycles. The molecule has 2 amide bonds. The second kappa shape index (κ2) is 7.11. The summed E-state index contributed by atoms with van der Waals surface area (Å²) < 4.78 is 4.45. The highest BCUT2D eigenvalue weighted by Gasteiger charge is 2.36. The minimum absolute atomic E-state index is 0.0203. The maximum atomic E-state index is 11.9. The molecule has 0 aromatic rings. The molecule has 108 valence electrons. The normalized spacial score (nSPS) is 18.8. The van der Waals surface area contributed by atoms with E-state index in [2.05, 4.69) is 10.1 Å². The number of carbonyl (C=O) groups is 3. The molecule has 19 heavy (non-hydrogen) atoms. The predicted octanol–water partition coefficient (Wildman–Crippen LogP) is 0.313. The molecule has 1 fully saturated rings. The number of rotatable bonds is 6. The van der Waals surface area contributed by atoms with Gasteiger partial charge >= 0.3 is 5.97 Å². The Morgan fingerprint density at radius 2 is 2.05 bits per heavy atom. The molecule has 1 saturated heterocycles. The van der Waals surface area contributed by atoms with E-state index in [1.165, 1.54) is 7.11 Å². The van der Waals surface area contributed by atoms with E-state index in [0.717, 1.165) is 12.8 Å². The summed E-state index contributed by atoms with van der Waals surface area (Å²) in [5.74, 6) is -1.09. The number of hydrogen-bond donors (Lipinski definition) is 1. The lowest BCUT2D eigenvalue weighted by atomic mass is 10.1. The van der Waals surface area contributed by atoms with Gasteiger partial charge in [-0.3, -0.25) is 14.4 Å². The molecule has 1 unspecified atom stereocenters. The number of hydrogen-bond acceptors (Lipinski definition) is 4. The molecule has 6 heteroatoms. The molecule has 1 aliphatic rings. The fraction of sp³-hybridized carbons (Fsp3) is 0.769. The lowest BCUT2D eigenvalue weighted by Crippen LogP contribution is -2.39. The Morgan fingerprint density at radius 3 is 2.58 bits per heavy atom. The number of nitrogens with one attached hydrogen (secondary N) is 1. The van der Waals surface area contributed by atoms with Gasteiger partial charge in [-0.05, 0) is 12.8 Å². The van der Waals surface area contributed by atoms with Crippen LogP contribution < -0.4 is 5.32 Å². The summed E-state index contributed by atoms with van der Waals surface area (Å²) in [5.41, 5.74) is 0. The van der Waals surface area contributed by atoms with Crippen molar-refractivity contribution in [3.63, 3.8) is 0 Å². The molecular weight excluding hydrogens is 248 g/mol. The zero-order valence-electron chi connectivity index (χ0n) is 11.8.